The third-order valence-corrected chi connectivity index (χ3v) is 3.55. The summed E-state index contributed by atoms with van der Waals surface area (Å²) in [5.74, 6) is -0.417. The van der Waals surface area contributed by atoms with Crippen LogP contribution in [0, 0.1) is 0 Å². The summed E-state index contributed by atoms with van der Waals surface area (Å²) in [5.41, 5.74) is 2.51. The number of amides is 2. The van der Waals surface area contributed by atoms with Crippen LogP contribution in [-0.4, -0.2) is 48.9 Å². The summed E-state index contributed by atoms with van der Waals surface area (Å²) in [6, 6.07) is 8.77. The molecule has 0 fully saturated rings. The zero-order valence-corrected chi connectivity index (χ0v) is 15.4. The number of anilines is 3. The quantitative estimate of drug-likeness (QED) is 0.634. The standard InChI is InChI=1S/C19H25N5O2/c1-14(25)22-16-6-4-7-17(11-16)23-19(26)15-10-18(13-20-12-15)21-8-5-9-24(2)3/h4,6-7,10-13,21H,5,8-9H2,1-3H3,(H,22,25)(H,23,26). The first kappa shape index (κ1) is 19.4. The fraction of sp³-hybridized carbons (Fsp3) is 0.316. The van der Waals surface area contributed by atoms with E-state index in [0.29, 0.717) is 16.9 Å². The molecule has 0 unspecified atom stereocenters. The van der Waals surface area contributed by atoms with Gasteiger partial charge in [0, 0.05) is 37.2 Å². The van der Waals surface area contributed by atoms with Crippen LogP contribution in [0.2, 0.25) is 0 Å². The highest BCUT2D eigenvalue weighted by molar-refractivity contribution is 6.05. The summed E-state index contributed by atoms with van der Waals surface area (Å²) in [5, 5.41) is 8.78. The van der Waals surface area contributed by atoms with Gasteiger partial charge < -0.3 is 20.9 Å². The van der Waals surface area contributed by atoms with Crippen molar-refractivity contribution >= 4 is 28.9 Å². The molecule has 1 aromatic heterocycles. The minimum atomic E-state index is -0.255. The first-order valence-electron chi connectivity index (χ1n) is 8.46. The Kier molecular flexibility index (Phi) is 7.11. The second kappa shape index (κ2) is 9.53. The number of aromatic nitrogens is 1. The molecule has 138 valence electrons. The highest BCUT2D eigenvalue weighted by Crippen LogP contribution is 2.17. The summed E-state index contributed by atoms with van der Waals surface area (Å²) in [7, 11) is 4.07. The zero-order chi connectivity index (χ0) is 18.9. The minimum absolute atomic E-state index is 0.161. The van der Waals surface area contributed by atoms with E-state index in [1.54, 1.807) is 36.5 Å². The maximum absolute atomic E-state index is 12.4. The molecule has 0 atom stereocenters. The van der Waals surface area contributed by atoms with Crippen LogP contribution in [0.15, 0.2) is 42.7 Å². The van der Waals surface area contributed by atoms with Gasteiger partial charge in [-0.2, -0.15) is 0 Å². The van der Waals surface area contributed by atoms with Crippen molar-refractivity contribution in [3.63, 3.8) is 0 Å². The van der Waals surface area contributed by atoms with Crippen LogP contribution in [0.25, 0.3) is 0 Å². The smallest absolute Gasteiger partial charge is 0.257 e. The predicted molar refractivity (Wildman–Crippen MR) is 105 cm³/mol. The normalized spacial score (nSPS) is 10.5. The number of nitrogens with zero attached hydrogens (tertiary/aromatic N) is 2. The summed E-state index contributed by atoms with van der Waals surface area (Å²) in [4.78, 5) is 29.8. The first-order chi connectivity index (χ1) is 12.4. The molecular formula is C19H25N5O2. The van der Waals surface area contributed by atoms with Crippen molar-refractivity contribution in [2.45, 2.75) is 13.3 Å². The number of rotatable bonds is 8. The van der Waals surface area contributed by atoms with E-state index in [0.717, 1.165) is 25.2 Å². The van der Waals surface area contributed by atoms with Gasteiger partial charge in [0.25, 0.3) is 5.91 Å². The Morgan fingerprint density at radius 2 is 1.77 bits per heavy atom. The van der Waals surface area contributed by atoms with Gasteiger partial charge in [0.2, 0.25) is 5.91 Å². The minimum Gasteiger partial charge on any atom is -0.384 e. The Labute approximate surface area is 153 Å². The average Bonchev–Trinajstić information content (AvgIpc) is 2.58. The molecule has 26 heavy (non-hydrogen) atoms. The second-order valence-corrected chi connectivity index (χ2v) is 6.26. The molecule has 7 heteroatoms. The molecule has 2 amide bonds. The van der Waals surface area contributed by atoms with Crippen molar-refractivity contribution in [1.29, 1.82) is 0 Å². The fourth-order valence-corrected chi connectivity index (χ4v) is 2.37. The van der Waals surface area contributed by atoms with E-state index in [1.807, 2.05) is 14.1 Å². The van der Waals surface area contributed by atoms with Gasteiger partial charge in [-0.05, 0) is 51.3 Å². The van der Waals surface area contributed by atoms with E-state index >= 15 is 0 Å². The van der Waals surface area contributed by atoms with Crippen molar-refractivity contribution < 1.29 is 9.59 Å². The largest absolute Gasteiger partial charge is 0.384 e. The molecule has 1 aromatic carbocycles. The maximum atomic E-state index is 12.4. The van der Waals surface area contributed by atoms with Gasteiger partial charge in [0.05, 0.1) is 11.3 Å². The van der Waals surface area contributed by atoms with E-state index in [-0.39, 0.29) is 11.8 Å². The van der Waals surface area contributed by atoms with Gasteiger partial charge in [0.15, 0.2) is 0 Å². The van der Waals surface area contributed by atoms with Crippen LogP contribution in [0.3, 0.4) is 0 Å². The first-order valence-corrected chi connectivity index (χ1v) is 8.46. The fourth-order valence-electron chi connectivity index (χ4n) is 2.37. The molecule has 1 heterocycles. The van der Waals surface area contributed by atoms with Crippen LogP contribution in [-0.2, 0) is 4.79 Å². The number of carbonyl (C=O) groups excluding carboxylic acids is 2. The van der Waals surface area contributed by atoms with Gasteiger partial charge in [-0.1, -0.05) is 6.07 Å². The Morgan fingerprint density at radius 1 is 1.04 bits per heavy atom. The van der Waals surface area contributed by atoms with E-state index in [9.17, 15) is 9.59 Å². The van der Waals surface area contributed by atoms with E-state index in [1.165, 1.54) is 13.1 Å². The van der Waals surface area contributed by atoms with Crippen LogP contribution in [0.4, 0.5) is 17.1 Å². The van der Waals surface area contributed by atoms with Crippen LogP contribution >= 0.6 is 0 Å². The third-order valence-electron chi connectivity index (χ3n) is 3.55. The molecule has 0 radical (unpaired) electrons. The predicted octanol–water partition coefficient (Wildman–Crippen LogP) is 2.66. The number of carbonyl (C=O) groups is 2. The summed E-state index contributed by atoms with van der Waals surface area (Å²) in [6.07, 6.45) is 4.22. The lowest BCUT2D eigenvalue weighted by atomic mass is 10.2. The SMILES string of the molecule is CC(=O)Nc1cccc(NC(=O)c2cncc(NCCCN(C)C)c2)c1. The summed E-state index contributed by atoms with van der Waals surface area (Å²) in [6.45, 7) is 3.24. The highest BCUT2D eigenvalue weighted by atomic mass is 16.2. The summed E-state index contributed by atoms with van der Waals surface area (Å²) >= 11 is 0. The third kappa shape index (κ3) is 6.52. The molecule has 2 rings (SSSR count). The number of hydrogen-bond donors (Lipinski definition) is 3. The number of nitrogens with one attached hydrogen (secondary N) is 3. The van der Waals surface area contributed by atoms with Gasteiger partial charge in [0.1, 0.15) is 0 Å². The molecule has 7 nitrogen and oxygen atoms in total. The Bertz CT molecular complexity index is 761. The Hall–Kier alpha value is -2.93. The van der Waals surface area contributed by atoms with Crippen molar-refractivity contribution in [1.82, 2.24) is 9.88 Å². The van der Waals surface area contributed by atoms with Crippen LogP contribution < -0.4 is 16.0 Å². The van der Waals surface area contributed by atoms with Crippen molar-refractivity contribution in [2.24, 2.45) is 0 Å². The molecule has 0 saturated carbocycles. The van der Waals surface area contributed by atoms with Crippen molar-refractivity contribution in [2.75, 3.05) is 43.1 Å². The molecule has 0 aliphatic rings. The van der Waals surface area contributed by atoms with Crippen molar-refractivity contribution in [3.05, 3.63) is 48.3 Å². The maximum Gasteiger partial charge on any atom is 0.257 e. The molecule has 0 saturated heterocycles. The Morgan fingerprint density at radius 3 is 2.46 bits per heavy atom. The highest BCUT2D eigenvalue weighted by Gasteiger charge is 2.08. The molecule has 2 aromatic rings. The molecule has 3 N–H and O–H groups in total. The lowest BCUT2D eigenvalue weighted by Gasteiger charge is -2.11. The zero-order valence-electron chi connectivity index (χ0n) is 15.4. The molecular weight excluding hydrogens is 330 g/mol. The average molecular weight is 355 g/mol. The van der Waals surface area contributed by atoms with Gasteiger partial charge in [-0.3, -0.25) is 14.6 Å². The van der Waals surface area contributed by atoms with E-state index in [2.05, 4.69) is 25.8 Å². The van der Waals surface area contributed by atoms with Gasteiger partial charge in [-0.15, -0.1) is 0 Å². The number of pyridine rings is 1. The molecule has 0 aliphatic carbocycles. The van der Waals surface area contributed by atoms with Crippen molar-refractivity contribution in [3.8, 4) is 0 Å². The monoisotopic (exact) mass is 355 g/mol. The molecule has 0 bridgehead atoms. The number of hydrogen-bond acceptors (Lipinski definition) is 5. The summed E-state index contributed by atoms with van der Waals surface area (Å²) < 4.78 is 0. The molecule has 0 aliphatic heterocycles. The van der Waals surface area contributed by atoms with Crippen LogP contribution in [0.1, 0.15) is 23.7 Å². The lowest BCUT2D eigenvalue weighted by Crippen LogP contribution is -2.17. The second-order valence-electron chi connectivity index (χ2n) is 6.26. The Balaban J connectivity index is 1.97. The van der Waals surface area contributed by atoms with E-state index < -0.39 is 0 Å². The van der Waals surface area contributed by atoms with Gasteiger partial charge in [-0.25, -0.2) is 0 Å². The topological polar surface area (TPSA) is 86.4 Å². The lowest BCUT2D eigenvalue weighted by molar-refractivity contribution is -0.114. The number of benzene rings is 1. The van der Waals surface area contributed by atoms with Gasteiger partial charge >= 0.3 is 0 Å². The molecule has 0 spiro atoms. The van der Waals surface area contributed by atoms with Crippen LogP contribution in [0.5, 0.6) is 0 Å². The van der Waals surface area contributed by atoms with E-state index in [4.69, 9.17) is 0 Å².